The summed E-state index contributed by atoms with van der Waals surface area (Å²) in [6.07, 6.45) is 9.22. The predicted octanol–water partition coefficient (Wildman–Crippen LogP) is 3.37. The van der Waals surface area contributed by atoms with E-state index in [0.29, 0.717) is 5.82 Å². The normalized spacial score (nSPS) is 18.2. The molecule has 15 heavy (non-hydrogen) atoms. The van der Waals surface area contributed by atoms with Crippen LogP contribution in [0.2, 0.25) is 0 Å². The summed E-state index contributed by atoms with van der Waals surface area (Å²) < 4.78 is 6.21. The number of nitrogen functional groups attached to an aromatic ring is 1. The SMILES string of the molecule is Nc1noc(CCC2CCCCC2)c1I. The molecule has 0 saturated heterocycles. The van der Waals surface area contributed by atoms with Crippen LogP contribution in [0.25, 0.3) is 0 Å². The number of hydrogen-bond donors (Lipinski definition) is 1. The van der Waals surface area contributed by atoms with E-state index in [1.165, 1.54) is 38.5 Å². The second-order valence-corrected chi connectivity index (χ2v) is 5.43. The Morgan fingerprint density at radius 3 is 2.67 bits per heavy atom. The highest BCUT2D eigenvalue weighted by Crippen LogP contribution is 2.29. The first-order valence-electron chi connectivity index (χ1n) is 5.67. The molecular formula is C11H17IN2O. The van der Waals surface area contributed by atoms with E-state index >= 15 is 0 Å². The number of aromatic nitrogens is 1. The zero-order valence-corrected chi connectivity index (χ0v) is 11.0. The number of aryl methyl sites for hydroxylation is 1. The van der Waals surface area contributed by atoms with Gasteiger partial charge in [0.05, 0.1) is 3.57 Å². The van der Waals surface area contributed by atoms with Crippen LogP contribution < -0.4 is 5.73 Å². The summed E-state index contributed by atoms with van der Waals surface area (Å²) in [5.74, 6) is 2.40. The third-order valence-electron chi connectivity index (χ3n) is 3.23. The molecule has 2 N–H and O–H groups in total. The van der Waals surface area contributed by atoms with Gasteiger partial charge in [-0.2, -0.15) is 0 Å². The summed E-state index contributed by atoms with van der Waals surface area (Å²) in [4.78, 5) is 0. The van der Waals surface area contributed by atoms with Crippen LogP contribution in [0.4, 0.5) is 5.82 Å². The van der Waals surface area contributed by atoms with Gasteiger partial charge in [-0.25, -0.2) is 0 Å². The molecule has 84 valence electrons. The molecule has 1 heterocycles. The summed E-state index contributed by atoms with van der Waals surface area (Å²) in [7, 11) is 0. The lowest BCUT2D eigenvalue weighted by Crippen LogP contribution is -2.07. The first-order chi connectivity index (χ1) is 7.27. The minimum atomic E-state index is 0.536. The molecule has 1 aromatic heterocycles. The van der Waals surface area contributed by atoms with E-state index in [0.717, 1.165) is 21.7 Å². The molecule has 1 aliphatic carbocycles. The zero-order valence-electron chi connectivity index (χ0n) is 8.84. The van der Waals surface area contributed by atoms with E-state index in [1.54, 1.807) is 0 Å². The van der Waals surface area contributed by atoms with Gasteiger partial charge in [-0.1, -0.05) is 37.3 Å². The number of anilines is 1. The van der Waals surface area contributed by atoms with Crippen molar-refractivity contribution >= 4 is 28.4 Å². The Kier molecular flexibility index (Phi) is 3.88. The minimum absolute atomic E-state index is 0.536. The number of halogens is 1. The molecule has 3 nitrogen and oxygen atoms in total. The minimum Gasteiger partial charge on any atom is -0.380 e. The molecule has 1 fully saturated rings. The Morgan fingerprint density at radius 1 is 1.33 bits per heavy atom. The van der Waals surface area contributed by atoms with Crippen LogP contribution in [0.5, 0.6) is 0 Å². The lowest BCUT2D eigenvalue weighted by Gasteiger charge is -2.20. The van der Waals surface area contributed by atoms with Gasteiger partial charge in [-0.15, -0.1) is 0 Å². The molecule has 1 saturated carbocycles. The van der Waals surface area contributed by atoms with Crippen molar-refractivity contribution in [3.63, 3.8) is 0 Å². The molecule has 0 spiro atoms. The van der Waals surface area contributed by atoms with Gasteiger partial charge in [0.25, 0.3) is 0 Å². The molecular weight excluding hydrogens is 303 g/mol. The monoisotopic (exact) mass is 320 g/mol. The Hall–Kier alpha value is -0.260. The van der Waals surface area contributed by atoms with Crippen molar-refractivity contribution in [2.75, 3.05) is 5.73 Å². The summed E-state index contributed by atoms with van der Waals surface area (Å²) in [6.45, 7) is 0. The standard InChI is InChI=1S/C11H17IN2O/c12-10-9(15-14-11(10)13)7-6-8-4-2-1-3-5-8/h8H,1-7H2,(H2,13,14). The van der Waals surface area contributed by atoms with E-state index in [9.17, 15) is 0 Å². The Labute approximate surface area is 104 Å². The van der Waals surface area contributed by atoms with Crippen LogP contribution in [0.1, 0.15) is 44.3 Å². The van der Waals surface area contributed by atoms with Crippen LogP contribution in [0.15, 0.2) is 4.52 Å². The lowest BCUT2D eigenvalue weighted by atomic mass is 9.86. The molecule has 0 radical (unpaired) electrons. The molecule has 0 atom stereocenters. The van der Waals surface area contributed by atoms with E-state index < -0.39 is 0 Å². The third-order valence-corrected chi connectivity index (χ3v) is 4.38. The van der Waals surface area contributed by atoms with Crippen molar-refractivity contribution in [2.45, 2.75) is 44.9 Å². The molecule has 2 rings (SSSR count). The fourth-order valence-corrected chi connectivity index (χ4v) is 2.76. The fourth-order valence-electron chi connectivity index (χ4n) is 2.29. The highest BCUT2D eigenvalue weighted by atomic mass is 127. The topological polar surface area (TPSA) is 52.0 Å². The van der Waals surface area contributed by atoms with Gasteiger partial charge in [0.2, 0.25) is 0 Å². The maximum absolute atomic E-state index is 5.64. The quantitative estimate of drug-likeness (QED) is 0.869. The van der Waals surface area contributed by atoms with Crippen LogP contribution in [-0.4, -0.2) is 5.16 Å². The molecule has 4 heteroatoms. The van der Waals surface area contributed by atoms with E-state index in [4.69, 9.17) is 10.3 Å². The maximum atomic E-state index is 5.64. The van der Waals surface area contributed by atoms with Gasteiger partial charge in [0.1, 0.15) is 0 Å². The van der Waals surface area contributed by atoms with E-state index in [2.05, 4.69) is 27.7 Å². The molecule has 1 aliphatic rings. The summed E-state index contributed by atoms with van der Waals surface area (Å²) in [5.41, 5.74) is 5.64. The fraction of sp³-hybridized carbons (Fsp3) is 0.727. The second kappa shape index (κ2) is 5.18. The van der Waals surface area contributed by atoms with Gasteiger partial charge in [-0.05, 0) is 34.9 Å². The molecule has 1 aromatic rings. The van der Waals surface area contributed by atoms with Crippen LogP contribution in [0.3, 0.4) is 0 Å². The second-order valence-electron chi connectivity index (χ2n) is 4.35. The molecule has 0 unspecified atom stereocenters. The number of hydrogen-bond acceptors (Lipinski definition) is 3. The van der Waals surface area contributed by atoms with Gasteiger partial charge >= 0.3 is 0 Å². The highest BCUT2D eigenvalue weighted by Gasteiger charge is 2.16. The van der Waals surface area contributed by atoms with Gasteiger partial charge in [0, 0.05) is 6.42 Å². The van der Waals surface area contributed by atoms with Crippen molar-refractivity contribution < 1.29 is 4.52 Å². The first kappa shape index (κ1) is 11.2. The third kappa shape index (κ3) is 2.86. The van der Waals surface area contributed by atoms with E-state index in [-0.39, 0.29) is 0 Å². The largest absolute Gasteiger partial charge is 0.380 e. The van der Waals surface area contributed by atoms with Crippen LogP contribution in [0, 0.1) is 9.49 Å². The number of nitrogens with zero attached hydrogens (tertiary/aromatic N) is 1. The van der Waals surface area contributed by atoms with Gasteiger partial charge < -0.3 is 10.3 Å². The van der Waals surface area contributed by atoms with Crippen molar-refractivity contribution in [3.05, 3.63) is 9.33 Å². The first-order valence-corrected chi connectivity index (χ1v) is 6.75. The van der Waals surface area contributed by atoms with Gasteiger partial charge in [0.15, 0.2) is 11.6 Å². The maximum Gasteiger partial charge on any atom is 0.180 e. The van der Waals surface area contributed by atoms with Crippen molar-refractivity contribution in [3.8, 4) is 0 Å². The Morgan fingerprint density at radius 2 is 2.07 bits per heavy atom. The smallest absolute Gasteiger partial charge is 0.180 e. The summed E-state index contributed by atoms with van der Waals surface area (Å²) in [5, 5.41) is 3.78. The van der Waals surface area contributed by atoms with Crippen LogP contribution in [-0.2, 0) is 6.42 Å². The molecule has 0 amide bonds. The van der Waals surface area contributed by atoms with Crippen molar-refractivity contribution in [2.24, 2.45) is 5.92 Å². The predicted molar refractivity (Wildman–Crippen MR) is 68.5 cm³/mol. The van der Waals surface area contributed by atoms with Crippen LogP contribution >= 0.6 is 22.6 Å². The molecule has 0 bridgehead atoms. The van der Waals surface area contributed by atoms with Crippen molar-refractivity contribution in [1.82, 2.24) is 5.16 Å². The Bertz CT molecular complexity index is 318. The summed E-state index contributed by atoms with van der Waals surface area (Å²) >= 11 is 2.21. The van der Waals surface area contributed by atoms with Gasteiger partial charge in [-0.3, -0.25) is 0 Å². The highest BCUT2D eigenvalue weighted by molar-refractivity contribution is 14.1. The average molecular weight is 320 g/mol. The summed E-state index contributed by atoms with van der Waals surface area (Å²) in [6, 6.07) is 0. The average Bonchev–Trinajstić information content (AvgIpc) is 2.59. The molecule has 0 aliphatic heterocycles. The Balaban J connectivity index is 1.84. The number of nitrogens with two attached hydrogens (primary N) is 1. The number of rotatable bonds is 3. The lowest BCUT2D eigenvalue weighted by molar-refractivity contribution is 0.317. The van der Waals surface area contributed by atoms with E-state index in [1.807, 2.05) is 0 Å². The van der Waals surface area contributed by atoms with Crippen molar-refractivity contribution in [1.29, 1.82) is 0 Å². The zero-order chi connectivity index (χ0) is 10.7. The molecule has 0 aromatic carbocycles.